The monoisotopic (exact) mass is 282 g/mol. The molecule has 0 fully saturated rings. The number of nitrogens with one attached hydrogen (secondary N) is 1. The molecule has 0 aliphatic carbocycles. The lowest BCUT2D eigenvalue weighted by Crippen LogP contribution is -2.14. The molecule has 1 aliphatic heterocycles. The van der Waals surface area contributed by atoms with Gasteiger partial charge in [0, 0.05) is 5.56 Å². The van der Waals surface area contributed by atoms with Crippen LogP contribution in [0.3, 0.4) is 0 Å². The van der Waals surface area contributed by atoms with Crippen molar-refractivity contribution in [3.63, 3.8) is 0 Å². The minimum atomic E-state index is -0.0178. The fourth-order valence-electron chi connectivity index (χ4n) is 1.83. The Morgan fingerprint density at radius 3 is 2.61 bits per heavy atom. The van der Waals surface area contributed by atoms with E-state index in [1.54, 1.807) is 0 Å². The second kappa shape index (κ2) is 4.59. The number of anilines is 1. The van der Waals surface area contributed by atoms with Crippen molar-refractivity contribution in [2.24, 2.45) is 0 Å². The highest BCUT2D eigenvalue weighted by molar-refractivity contribution is 6.31. The van der Waals surface area contributed by atoms with E-state index < -0.39 is 0 Å². The van der Waals surface area contributed by atoms with Crippen molar-refractivity contribution in [1.82, 2.24) is 15.0 Å². The molecule has 1 unspecified atom stereocenters. The smallest absolute Gasteiger partial charge is 0.228 e. The van der Waals surface area contributed by atoms with Gasteiger partial charge in [0.1, 0.15) is 12.4 Å². The summed E-state index contributed by atoms with van der Waals surface area (Å²) >= 11 is 11.4. The van der Waals surface area contributed by atoms with Gasteiger partial charge in [-0.05, 0) is 29.3 Å². The topological polar surface area (TPSA) is 59.9 Å². The lowest BCUT2D eigenvalue weighted by Gasteiger charge is -2.11. The van der Waals surface area contributed by atoms with Crippen molar-refractivity contribution < 1.29 is 4.74 Å². The quantitative estimate of drug-likeness (QED) is 0.918. The molecule has 1 aromatic heterocycles. The van der Waals surface area contributed by atoms with Crippen LogP contribution >= 0.6 is 23.2 Å². The van der Waals surface area contributed by atoms with E-state index in [0.29, 0.717) is 12.6 Å². The molecular weight excluding hydrogens is 275 g/mol. The molecule has 0 saturated heterocycles. The third kappa shape index (κ3) is 2.19. The van der Waals surface area contributed by atoms with Gasteiger partial charge in [0.05, 0.1) is 6.04 Å². The summed E-state index contributed by atoms with van der Waals surface area (Å²) in [5.41, 5.74) is 1.06. The molecule has 0 radical (unpaired) electrons. The zero-order valence-corrected chi connectivity index (χ0v) is 10.6. The maximum Gasteiger partial charge on any atom is 0.228 e. The van der Waals surface area contributed by atoms with E-state index in [4.69, 9.17) is 27.9 Å². The van der Waals surface area contributed by atoms with Gasteiger partial charge in [0.15, 0.2) is 0 Å². The lowest BCUT2D eigenvalue weighted by atomic mass is 10.1. The first kappa shape index (κ1) is 11.5. The van der Waals surface area contributed by atoms with Crippen LogP contribution in [0, 0.1) is 0 Å². The van der Waals surface area contributed by atoms with E-state index in [1.165, 1.54) is 0 Å². The molecule has 2 aromatic rings. The van der Waals surface area contributed by atoms with Gasteiger partial charge in [0.2, 0.25) is 16.5 Å². The first-order chi connectivity index (χ1) is 8.72. The van der Waals surface area contributed by atoms with Crippen molar-refractivity contribution in [1.29, 1.82) is 0 Å². The van der Waals surface area contributed by atoms with Gasteiger partial charge in [-0.15, -0.1) is 0 Å². The minimum absolute atomic E-state index is 0.0178. The summed E-state index contributed by atoms with van der Waals surface area (Å²) in [7, 11) is 0. The molecule has 18 heavy (non-hydrogen) atoms. The molecular formula is C11H8Cl2N4O. The van der Waals surface area contributed by atoms with Crippen LogP contribution in [-0.4, -0.2) is 21.6 Å². The van der Waals surface area contributed by atoms with Gasteiger partial charge >= 0.3 is 0 Å². The van der Waals surface area contributed by atoms with Crippen LogP contribution in [0.5, 0.6) is 5.75 Å². The summed E-state index contributed by atoms with van der Waals surface area (Å²) in [5, 5.41) is 3.24. The van der Waals surface area contributed by atoms with Crippen LogP contribution in [0.4, 0.5) is 5.95 Å². The van der Waals surface area contributed by atoms with Crippen molar-refractivity contribution in [3.8, 4) is 5.75 Å². The number of ether oxygens (including phenoxy) is 1. The second-order valence-corrected chi connectivity index (χ2v) is 4.42. The van der Waals surface area contributed by atoms with Crippen LogP contribution in [0.2, 0.25) is 10.6 Å². The number of benzene rings is 1. The average molecular weight is 283 g/mol. The molecule has 1 aromatic carbocycles. The van der Waals surface area contributed by atoms with Gasteiger partial charge in [-0.1, -0.05) is 18.2 Å². The Hall–Kier alpha value is -1.59. The Balaban J connectivity index is 1.86. The molecule has 1 atom stereocenters. The highest BCUT2D eigenvalue weighted by atomic mass is 35.5. The molecule has 0 amide bonds. The molecule has 2 heterocycles. The first-order valence-electron chi connectivity index (χ1n) is 5.28. The Labute approximate surface area is 113 Å². The number of rotatable bonds is 2. The van der Waals surface area contributed by atoms with Crippen molar-refractivity contribution in [2.75, 3.05) is 11.9 Å². The molecule has 0 saturated carbocycles. The molecule has 7 heteroatoms. The summed E-state index contributed by atoms with van der Waals surface area (Å²) in [6.45, 7) is 0.514. The predicted octanol–water partition coefficient (Wildman–Crippen LogP) is 2.72. The summed E-state index contributed by atoms with van der Waals surface area (Å²) < 4.78 is 5.54. The van der Waals surface area contributed by atoms with Gasteiger partial charge in [-0.2, -0.15) is 15.0 Å². The molecule has 5 nitrogen and oxygen atoms in total. The van der Waals surface area contributed by atoms with Crippen LogP contribution in [0.25, 0.3) is 0 Å². The Morgan fingerprint density at radius 1 is 1.11 bits per heavy atom. The Bertz CT molecular complexity index is 573. The third-order valence-electron chi connectivity index (χ3n) is 2.58. The fraction of sp³-hybridized carbons (Fsp3) is 0.182. The molecule has 0 bridgehead atoms. The van der Waals surface area contributed by atoms with Crippen LogP contribution < -0.4 is 10.1 Å². The van der Waals surface area contributed by atoms with Crippen LogP contribution in [0.15, 0.2) is 24.3 Å². The molecule has 1 N–H and O–H groups in total. The van der Waals surface area contributed by atoms with E-state index in [1.807, 2.05) is 24.3 Å². The fourth-order valence-corrected chi connectivity index (χ4v) is 2.19. The summed E-state index contributed by atoms with van der Waals surface area (Å²) in [6, 6.07) is 7.78. The number of hydrogen-bond donors (Lipinski definition) is 1. The second-order valence-electron chi connectivity index (χ2n) is 3.74. The number of nitrogens with zero attached hydrogens (tertiary/aromatic N) is 3. The van der Waals surface area contributed by atoms with Gasteiger partial charge in [-0.25, -0.2) is 0 Å². The normalized spacial score (nSPS) is 17.1. The van der Waals surface area contributed by atoms with Gasteiger partial charge in [-0.3, -0.25) is 0 Å². The van der Waals surface area contributed by atoms with Gasteiger partial charge in [0.25, 0.3) is 0 Å². The number of halogens is 2. The number of fused-ring (bicyclic) bond motifs is 1. The van der Waals surface area contributed by atoms with Crippen LogP contribution in [-0.2, 0) is 0 Å². The van der Waals surface area contributed by atoms with Crippen molar-refractivity contribution >= 4 is 29.2 Å². The van der Waals surface area contributed by atoms with E-state index in [-0.39, 0.29) is 16.6 Å². The lowest BCUT2D eigenvalue weighted by molar-refractivity contribution is 0.339. The van der Waals surface area contributed by atoms with Gasteiger partial charge < -0.3 is 10.1 Å². The summed E-state index contributed by atoms with van der Waals surface area (Å²) in [4.78, 5) is 11.6. The third-order valence-corrected chi connectivity index (χ3v) is 2.92. The first-order valence-corrected chi connectivity index (χ1v) is 6.03. The average Bonchev–Trinajstić information content (AvgIpc) is 2.72. The highest BCUT2D eigenvalue weighted by Gasteiger charge is 2.24. The minimum Gasteiger partial charge on any atom is -0.491 e. The summed E-state index contributed by atoms with van der Waals surface area (Å²) in [5.74, 6) is 1.20. The zero-order chi connectivity index (χ0) is 12.5. The maximum absolute atomic E-state index is 5.72. The molecule has 92 valence electrons. The van der Waals surface area contributed by atoms with E-state index in [9.17, 15) is 0 Å². The van der Waals surface area contributed by atoms with Crippen LogP contribution in [0.1, 0.15) is 11.6 Å². The SMILES string of the molecule is Clc1nc(Cl)nc(NC2COc3ccccc32)n1. The molecule has 0 spiro atoms. The van der Waals surface area contributed by atoms with E-state index >= 15 is 0 Å². The Morgan fingerprint density at radius 2 is 1.83 bits per heavy atom. The van der Waals surface area contributed by atoms with Crippen molar-refractivity contribution in [3.05, 3.63) is 40.4 Å². The largest absolute Gasteiger partial charge is 0.491 e. The number of para-hydroxylation sites is 1. The molecule has 3 rings (SSSR count). The van der Waals surface area contributed by atoms with E-state index in [2.05, 4.69) is 20.3 Å². The highest BCUT2D eigenvalue weighted by Crippen LogP contribution is 2.33. The number of aromatic nitrogens is 3. The summed E-state index contributed by atoms with van der Waals surface area (Å²) in [6.07, 6.45) is 0. The maximum atomic E-state index is 5.72. The standard InChI is InChI=1S/C11H8Cl2N4O/c12-9-15-10(13)17-11(16-9)14-7-5-18-8-4-2-1-3-6(7)8/h1-4,7H,5H2,(H,14,15,16,17). The molecule has 1 aliphatic rings. The number of hydrogen-bond acceptors (Lipinski definition) is 5. The predicted molar refractivity (Wildman–Crippen MR) is 68.1 cm³/mol. The Kier molecular flexibility index (Phi) is 2.93. The van der Waals surface area contributed by atoms with E-state index in [0.717, 1.165) is 11.3 Å². The van der Waals surface area contributed by atoms with Crippen molar-refractivity contribution in [2.45, 2.75) is 6.04 Å². The zero-order valence-electron chi connectivity index (χ0n) is 9.10.